The van der Waals surface area contributed by atoms with E-state index in [0.29, 0.717) is 0 Å². The van der Waals surface area contributed by atoms with E-state index in [1.807, 2.05) is 30.3 Å². The second kappa shape index (κ2) is 10.2. The molecule has 2 N–H and O–H groups in total. The van der Waals surface area contributed by atoms with Crippen LogP contribution < -0.4 is 5.32 Å². The molecule has 2 atom stereocenters. The summed E-state index contributed by atoms with van der Waals surface area (Å²) in [5, 5.41) is 11.7. The normalized spacial score (nSPS) is 13.6. The summed E-state index contributed by atoms with van der Waals surface area (Å²) in [7, 11) is 0.783. The van der Waals surface area contributed by atoms with Crippen molar-refractivity contribution in [2.75, 3.05) is 7.11 Å². The van der Waals surface area contributed by atoms with Gasteiger partial charge in [-0.3, -0.25) is 9.84 Å². The molecule has 1 aromatic rings. The predicted octanol–water partition coefficient (Wildman–Crippen LogP) is 2.21. The number of hydrogen-bond acceptors (Lipinski definition) is 6. The zero-order chi connectivity index (χ0) is 15.5. The van der Waals surface area contributed by atoms with Crippen LogP contribution in [0.5, 0.6) is 0 Å². The SMILES string of the molecule is COC(O)CCC(NC(=O)OCc1ccccc1)OP=O. The highest BCUT2D eigenvalue weighted by atomic mass is 31.1. The predicted molar refractivity (Wildman–Crippen MR) is 74.5 cm³/mol. The molecule has 21 heavy (non-hydrogen) atoms. The van der Waals surface area contributed by atoms with E-state index >= 15 is 0 Å². The average Bonchev–Trinajstić information content (AvgIpc) is 2.51. The molecule has 0 bridgehead atoms. The van der Waals surface area contributed by atoms with Gasteiger partial charge in [-0.25, -0.2) is 9.36 Å². The van der Waals surface area contributed by atoms with Crippen molar-refractivity contribution in [2.24, 2.45) is 0 Å². The summed E-state index contributed by atoms with van der Waals surface area (Å²) in [5.74, 6) is 0. The Morgan fingerprint density at radius 2 is 2.05 bits per heavy atom. The number of alkyl carbamates (subject to hydrolysis) is 1. The van der Waals surface area contributed by atoms with Crippen LogP contribution in [0.1, 0.15) is 18.4 Å². The summed E-state index contributed by atoms with van der Waals surface area (Å²) < 4.78 is 25.0. The fourth-order valence-corrected chi connectivity index (χ4v) is 1.77. The van der Waals surface area contributed by atoms with Crippen molar-refractivity contribution in [3.05, 3.63) is 35.9 Å². The Kier molecular flexibility index (Phi) is 8.54. The van der Waals surface area contributed by atoms with Crippen molar-refractivity contribution in [3.63, 3.8) is 0 Å². The first-order valence-corrected chi connectivity index (χ1v) is 7.05. The molecule has 7 nitrogen and oxygen atoms in total. The molecule has 1 rings (SSSR count). The lowest BCUT2D eigenvalue weighted by atomic mass is 10.2. The van der Waals surface area contributed by atoms with E-state index in [-0.39, 0.29) is 19.4 Å². The van der Waals surface area contributed by atoms with Gasteiger partial charge in [0.05, 0.1) is 0 Å². The van der Waals surface area contributed by atoms with Crippen LogP contribution in [-0.2, 0) is 25.2 Å². The fraction of sp³-hybridized carbons (Fsp3) is 0.462. The zero-order valence-electron chi connectivity index (χ0n) is 11.6. The van der Waals surface area contributed by atoms with Crippen molar-refractivity contribution in [1.82, 2.24) is 5.32 Å². The quantitative estimate of drug-likeness (QED) is 0.536. The van der Waals surface area contributed by atoms with Crippen LogP contribution in [0.4, 0.5) is 4.79 Å². The molecule has 0 aliphatic heterocycles. The van der Waals surface area contributed by atoms with E-state index in [1.165, 1.54) is 7.11 Å². The minimum atomic E-state index is -0.971. The number of carbonyl (C=O) groups excluding carboxylic acids is 1. The van der Waals surface area contributed by atoms with Gasteiger partial charge in [-0.05, 0) is 12.0 Å². The van der Waals surface area contributed by atoms with E-state index in [9.17, 15) is 14.5 Å². The molecule has 2 unspecified atom stereocenters. The summed E-state index contributed by atoms with van der Waals surface area (Å²) >= 11 is 0. The van der Waals surface area contributed by atoms with Crippen LogP contribution in [0.15, 0.2) is 30.3 Å². The molecule has 0 spiro atoms. The monoisotopic (exact) mass is 315 g/mol. The highest BCUT2D eigenvalue weighted by Gasteiger charge is 2.16. The lowest BCUT2D eigenvalue weighted by molar-refractivity contribution is -0.0837. The van der Waals surface area contributed by atoms with E-state index in [0.717, 1.165) is 5.56 Å². The van der Waals surface area contributed by atoms with Crippen LogP contribution in [0.2, 0.25) is 0 Å². The minimum Gasteiger partial charge on any atom is -0.445 e. The molecule has 1 amide bonds. The van der Waals surface area contributed by atoms with Gasteiger partial charge in [0.25, 0.3) is 0 Å². The summed E-state index contributed by atoms with van der Waals surface area (Å²) in [6.45, 7) is 0.120. The van der Waals surface area contributed by atoms with Crippen LogP contribution in [-0.4, -0.2) is 30.8 Å². The van der Waals surface area contributed by atoms with E-state index in [4.69, 9.17) is 9.26 Å². The van der Waals surface area contributed by atoms with Gasteiger partial charge in [0, 0.05) is 13.5 Å². The van der Waals surface area contributed by atoms with Gasteiger partial charge in [-0.1, -0.05) is 30.3 Å². The van der Waals surface area contributed by atoms with Crippen molar-refractivity contribution >= 4 is 14.8 Å². The number of hydrogen-bond donors (Lipinski definition) is 2. The molecule has 0 heterocycles. The number of benzene rings is 1. The lowest BCUT2D eigenvalue weighted by Crippen LogP contribution is -2.36. The molecular formula is C13H18NO6P. The van der Waals surface area contributed by atoms with Gasteiger partial charge in [0.15, 0.2) is 6.29 Å². The Labute approximate surface area is 124 Å². The molecule has 8 heteroatoms. The van der Waals surface area contributed by atoms with Crippen LogP contribution in [0.25, 0.3) is 0 Å². The third kappa shape index (κ3) is 7.72. The average molecular weight is 315 g/mol. The first kappa shape index (κ1) is 17.5. The highest BCUT2D eigenvalue weighted by molar-refractivity contribution is 7.17. The Bertz CT molecular complexity index is 430. The number of aliphatic hydroxyl groups excluding tert-OH is 1. The zero-order valence-corrected chi connectivity index (χ0v) is 12.5. The van der Waals surface area contributed by atoms with Gasteiger partial charge >= 0.3 is 14.8 Å². The number of amides is 1. The van der Waals surface area contributed by atoms with Crippen LogP contribution >= 0.6 is 8.69 Å². The Morgan fingerprint density at radius 3 is 2.67 bits per heavy atom. The molecule has 0 saturated heterocycles. The van der Waals surface area contributed by atoms with Gasteiger partial charge in [0.2, 0.25) is 0 Å². The highest BCUT2D eigenvalue weighted by Crippen LogP contribution is 2.10. The first-order chi connectivity index (χ1) is 10.2. The molecule has 116 valence electrons. The second-order valence-corrected chi connectivity index (χ2v) is 4.50. The third-order valence-corrected chi connectivity index (χ3v) is 2.95. The van der Waals surface area contributed by atoms with E-state index in [1.54, 1.807) is 0 Å². The molecule has 0 saturated carbocycles. The van der Waals surface area contributed by atoms with E-state index in [2.05, 4.69) is 10.1 Å². The van der Waals surface area contributed by atoms with Crippen LogP contribution in [0, 0.1) is 0 Å². The van der Waals surface area contributed by atoms with Gasteiger partial charge in [0.1, 0.15) is 12.8 Å². The summed E-state index contributed by atoms with van der Waals surface area (Å²) in [4.78, 5) is 11.6. The van der Waals surface area contributed by atoms with Crippen molar-refractivity contribution < 1.29 is 28.5 Å². The molecule has 0 aliphatic carbocycles. The van der Waals surface area contributed by atoms with Crippen molar-refractivity contribution in [2.45, 2.75) is 32.0 Å². The topological polar surface area (TPSA) is 94.1 Å². The molecule has 0 aliphatic rings. The standard InChI is InChI=1S/C13H18NO6P/c1-18-12(15)8-7-11(20-21-17)14-13(16)19-9-10-5-3-2-4-6-10/h2-6,11-12,15H,7-9H2,1H3,(H,14,16). The largest absolute Gasteiger partial charge is 0.445 e. The summed E-state index contributed by atoms with van der Waals surface area (Å²) in [6, 6.07) is 9.19. The smallest absolute Gasteiger partial charge is 0.409 e. The van der Waals surface area contributed by atoms with E-state index < -0.39 is 27.3 Å². The third-order valence-electron chi connectivity index (χ3n) is 2.61. The molecule has 0 aromatic heterocycles. The van der Waals surface area contributed by atoms with Gasteiger partial charge < -0.3 is 14.6 Å². The molecular weight excluding hydrogens is 297 g/mol. The number of carbonyl (C=O) groups is 1. The summed E-state index contributed by atoms with van der Waals surface area (Å²) in [5.41, 5.74) is 0.849. The molecule has 0 radical (unpaired) electrons. The number of methoxy groups -OCH3 is 1. The van der Waals surface area contributed by atoms with Crippen molar-refractivity contribution in [3.8, 4) is 0 Å². The number of rotatable bonds is 9. The Hall–Kier alpha value is -1.53. The number of ether oxygens (including phenoxy) is 2. The van der Waals surface area contributed by atoms with Crippen LogP contribution in [0.3, 0.4) is 0 Å². The first-order valence-electron chi connectivity index (χ1n) is 6.32. The fourth-order valence-electron chi connectivity index (χ4n) is 1.51. The van der Waals surface area contributed by atoms with Gasteiger partial charge in [-0.2, -0.15) is 0 Å². The summed E-state index contributed by atoms with van der Waals surface area (Å²) in [6.07, 6.45) is -2.06. The van der Waals surface area contributed by atoms with Crippen molar-refractivity contribution in [1.29, 1.82) is 0 Å². The minimum absolute atomic E-state index is 0.120. The maximum atomic E-state index is 11.6. The van der Waals surface area contributed by atoms with Gasteiger partial charge in [-0.15, -0.1) is 0 Å². The second-order valence-electron chi connectivity index (χ2n) is 4.14. The number of nitrogens with one attached hydrogen (secondary N) is 1. The molecule has 1 aromatic carbocycles. The molecule has 0 fully saturated rings. The lowest BCUT2D eigenvalue weighted by Gasteiger charge is -2.17. The maximum absolute atomic E-state index is 11.6. The maximum Gasteiger partial charge on any atom is 0.409 e. The Morgan fingerprint density at radius 1 is 1.33 bits per heavy atom. The Balaban J connectivity index is 2.35. The number of aliphatic hydroxyl groups is 1.